The molecule has 1 saturated heterocycles. The largest absolute Gasteiger partial charge is 0.480 e. The highest BCUT2D eigenvalue weighted by atomic mass is 19.4. The molecule has 29 heavy (non-hydrogen) atoms. The molecular weight excluding hydrogens is 385 g/mol. The first kappa shape index (κ1) is 19.7. The Balaban J connectivity index is 1.47. The molecule has 1 N–H and O–H groups in total. The number of likely N-dealkylation sites (tertiary alicyclic amines) is 1. The number of halogens is 3. The normalized spacial score (nSPS) is 17.6. The molecule has 1 aromatic carbocycles. The van der Waals surface area contributed by atoms with Crippen LogP contribution in [0.1, 0.15) is 41.8 Å². The maximum atomic E-state index is 13.3. The van der Waals surface area contributed by atoms with E-state index in [1.165, 1.54) is 17.7 Å². The Labute approximate surface area is 165 Å². The highest BCUT2D eigenvalue weighted by Crippen LogP contribution is 2.39. The summed E-state index contributed by atoms with van der Waals surface area (Å²) in [5, 5.41) is 14.9. The lowest BCUT2D eigenvalue weighted by atomic mass is 9.86. The number of methoxy groups -OCH3 is 1. The summed E-state index contributed by atoms with van der Waals surface area (Å²) in [5.74, 6) is 0.239. The lowest BCUT2D eigenvalue weighted by Crippen LogP contribution is -2.36. The lowest BCUT2D eigenvalue weighted by Gasteiger charge is -2.35. The first-order valence-corrected chi connectivity index (χ1v) is 9.35. The van der Waals surface area contributed by atoms with Crippen molar-refractivity contribution in [3.8, 4) is 5.88 Å². The van der Waals surface area contributed by atoms with Gasteiger partial charge in [0.15, 0.2) is 11.9 Å². The molecule has 1 aliphatic heterocycles. The molecule has 0 saturated carbocycles. The van der Waals surface area contributed by atoms with Gasteiger partial charge in [-0.1, -0.05) is 18.2 Å². The molecule has 1 unspecified atom stereocenters. The molecule has 2 aromatic heterocycles. The van der Waals surface area contributed by atoms with Crippen LogP contribution in [0.3, 0.4) is 0 Å². The van der Waals surface area contributed by atoms with Gasteiger partial charge in [0.25, 0.3) is 0 Å². The van der Waals surface area contributed by atoms with E-state index in [2.05, 4.69) is 10.1 Å². The summed E-state index contributed by atoms with van der Waals surface area (Å²) >= 11 is 0. The minimum atomic E-state index is -4.36. The monoisotopic (exact) mass is 406 g/mol. The van der Waals surface area contributed by atoms with Crippen LogP contribution in [0.25, 0.3) is 5.65 Å². The van der Waals surface area contributed by atoms with E-state index in [4.69, 9.17) is 4.74 Å². The Kier molecular flexibility index (Phi) is 5.18. The second-order valence-corrected chi connectivity index (χ2v) is 7.11. The van der Waals surface area contributed by atoms with Gasteiger partial charge in [0.05, 0.1) is 18.9 Å². The van der Waals surface area contributed by atoms with Gasteiger partial charge in [0, 0.05) is 19.2 Å². The van der Waals surface area contributed by atoms with Crippen LogP contribution < -0.4 is 4.74 Å². The standard InChI is InChI=1S/C20H21F3N4O2/c1-29-18-7-6-17-24-16(12-27(17)25-18)19(28)26-10-8-13(9-11-26)14-4-2-3-5-15(14)20(21,22)23/h2-7,12-13,19,28H,8-11H2,1H3. The Hall–Kier alpha value is -2.65. The van der Waals surface area contributed by atoms with Crippen LogP contribution in [0, 0.1) is 0 Å². The van der Waals surface area contributed by atoms with Crippen molar-refractivity contribution in [2.24, 2.45) is 0 Å². The molecule has 154 valence electrons. The topological polar surface area (TPSA) is 62.9 Å². The van der Waals surface area contributed by atoms with Gasteiger partial charge in [0.1, 0.15) is 5.69 Å². The molecule has 4 rings (SSSR count). The van der Waals surface area contributed by atoms with Crippen LogP contribution in [-0.4, -0.2) is 44.8 Å². The van der Waals surface area contributed by atoms with Gasteiger partial charge in [-0.25, -0.2) is 9.50 Å². The molecule has 1 fully saturated rings. The van der Waals surface area contributed by atoms with E-state index in [-0.39, 0.29) is 5.92 Å². The fraction of sp³-hybridized carbons (Fsp3) is 0.400. The minimum Gasteiger partial charge on any atom is -0.480 e. The predicted molar refractivity (Wildman–Crippen MR) is 99.5 cm³/mol. The molecule has 0 amide bonds. The van der Waals surface area contributed by atoms with Crippen molar-refractivity contribution < 1.29 is 23.0 Å². The lowest BCUT2D eigenvalue weighted by molar-refractivity contribution is -0.138. The van der Waals surface area contributed by atoms with Crippen LogP contribution in [0.2, 0.25) is 0 Å². The zero-order chi connectivity index (χ0) is 20.6. The van der Waals surface area contributed by atoms with Crippen molar-refractivity contribution in [1.82, 2.24) is 19.5 Å². The van der Waals surface area contributed by atoms with Crippen LogP contribution in [-0.2, 0) is 6.18 Å². The Morgan fingerprint density at radius 2 is 1.86 bits per heavy atom. The quantitative estimate of drug-likeness (QED) is 0.717. The number of ether oxygens (including phenoxy) is 1. The summed E-state index contributed by atoms with van der Waals surface area (Å²) in [6.07, 6.45) is -2.61. The molecule has 0 aliphatic carbocycles. The van der Waals surface area contributed by atoms with E-state index in [0.717, 1.165) is 6.07 Å². The van der Waals surface area contributed by atoms with E-state index in [1.807, 2.05) is 4.90 Å². The fourth-order valence-electron chi connectivity index (χ4n) is 3.87. The van der Waals surface area contributed by atoms with Gasteiger partial charge in [0.2, 0.25) is 5.88 Å². The Morgan fingerprint density at radius 3 is 2.55 bits per heavy atom. The fourth-order valence-corrected chi connectivity index (χ4v) is 3.87. The summed E-state index contributed by atoms with van der Waals surface area (Å²) in [6.45, 7) is 0.950. The first-order valence-electron chi connectivity index (χ1n) is 9.35. The van der Waals surface area contributed by atoms with Crippen LogP contribution in [0.15, 0.2) is 42.6 Å². The first-order chi connectivity index (χ1) is 13.9. The number of hydrogen-bond acceptors (Lipinski definition) is 5. The van der Waals surface area contributed by atoms with Crippen molar-refractivity contribution in [3.05, 3.63) is 59.4 Å². The number of rotatable bonds is 4. The summed E-state index contributed by atoms with van der Waals surface area (Å²) in [6, 6.07) is 9.17. The summed E-state index contributed by atoms with van der Waals surface area (Å²) in [4.78, 5) is 6.22. The Morgan fingerprint density at radius 1 is 1.14 bits per heavy atom. The van der Waals surface area contributed by atoms with Gasteiger partial charge in [-0.05, 0) is 36.5 Å². The van der Waals surface area contributed by atoms with Crippen molar-refractivity contribution in [3.63, 3.8) is 0 Å². The number of fused-ring (bicyclic) bond motifs is 1. The van der Waals surface area contributed by atoms with E-state index in [0.29, 0.717) is 48.7 Å². The second kappa shape index (κ2) is 7.64. The van der Waals surface area contributed by atoms with Gasteiger partial charge >= 0.3 is 6.18 Å². The van der Waals surface area contributed by atoms with E-state index in [1.54, 1.807) is 30.5 Å². The molecule has 3 aromatic rings. The third-order valence-electron chi connectivity index (χ3n) is 5.37. The molecule has 9 heteroatoms. The summed E-state index contributed by atoms with van der Waals surface area (Å²) in [5.41, 5.74) is 0.784. The van der Waals surface area contributed by atoms with Crippen LogP contribution >= 0.6 is 0 Å². The van der Waals surface area contributed by atoms with Crippen LogP contribution in [0.5, 0.6) is 5.88 Å². The van der Waals surface area contributed by atoms with Gasteiger partial charge in [-0.2, -0.15) is 13.2 Å². The highest BCUT2D eigenvalue weighted by Gasteiger charge is 2.36. The van der Waals surface area contributed by atoms with Gasteiger partial charge in [-0.3, -0.25) is 4.90 Å². The minimum absolute atomic E-state index is 0.191. The third-order valence-corrected chi connectivity index (χ3v) is 5.37. The number of hydrogen-bond donors (Lipinski definition) is 1. The number of piperidine rings is 1. The molecule has 0 bridgehead atoms. The highest BCUT2D eigenvalue weighted by molar-refractivity contribution is 5.40. The molecule has 0 spiro atoms. The van der Waals surface area contributed by atoms with Crippen molar-refractivity contribution >= 4 is 5.65 Å². The number of aromatic nitrogens is 3. The van der Waals surface area contributed by atoms with Gasteiger partial charge in [-0.15, -0.1) is 5.10 Å². The number of imidazole rings is 1. The second-order valence-electron chi connectivity index (χ2n) is 7.11. The third kappa shape index (κ3) is 3.92. The SMILES string of the molecule is COc1ccc2nc(C(O)N3CCC(c4ccccc4C(F)(F)F)CC3)cn2n1. The van der Waals surface area contributed by atoms with Crippen LogP contribution in [0.4, 0.5) is 13.2 Å². The number of aliphatic hydroxyl groups excluding tert-OH is 1. The summed E-state index contributed by atoms with van der Waals surface area (Å²) < 4.78 is 46.5. The average Bonchev–Trinajstić information content (AvgIpc) is 3.16. The molecule has 0 radical (unpaired) electrons. The number of alkyl halides is 3. The zero-order valence-corrected chi connectivity index (χ0v) is 15.8. The van der Waals surface area contributed by atoms with E-state index < -0.39 is 18.0 Å². The van der Waals surface area contributed by atoms with Crippen molar-refractivity contribution in [2.45, 2.75) is 31.2 Å². The number of aliphatic hydroxyl groups is 1. The maximum Gasteiger partial charge on any atom is 0.416 e. The Bertz CT molecular complexity index is 997. The van der Waals surface area contributed by atoms with Crippen molar-refractivity contribution in [1.29, 1.82) is 0 Å². The molecule has 3 heterocycles. The van der Waals surface area contributed by atoms with Crippen molar-refractivity contribution in [2.75, 3.05) is 20.2 Å². The van der Waals surface area contributed by atoms with E-state index >= 15 is 0 Å². The molecule has 6 nitrogen and oxygen atoms in total. The average molecular weight is 406 g/mol. The zero-order valence-electron chi connectivity index (χ0n) is 15.8. The maximum absolute atomic E-state index is 13.3. The molecular formula is C20H21F3N4O2. The van der Waals surface area contributed by atoms with Gasteiger partial charge < -0.3 is 9.84 Å². The molecule has 1 aliphatic rings. The predicted octanol–water partition coefficient (Wildman–Crippen LogP) is 3.63. The van der Waals surface area contributed by atoms with E-state index in [9.17, 15) is 18.3 Å². The number of benzene rings is 1. The number of nitrogens with zero attached hydrogens (tertiary/aromatic N) is 4. The molecule has 1 atom stereocenters. The summed E-state index contributed by atoms with van der Waals surface area (Å²) in [7, 11) is 1.52. The smallest absolute Gasteiger partial charge is 0.416 e.